The summed E-state index contributed by atoms with van der Waals surface area (Å²) in [5.41, 5.74) is 4.16. The predicted molar refractivity (Wildman–Crippen MR) is 147 cm³/mol. The first-order valence-corrected chi connectivity index (χ1v) is 12.9. The van der Waals surface area contributed by atoms with Gasteiger partial charge in [-0.15, -0.1) is 0 Å². The number of benzene rings is 2. The highest BCUT2D eigenvalue weighted by molar-refractivity contribution is 6.12. The monoisotopic (exact) mass is 496 g/mol. The molecule has 2 N–H and O–H groups in total. The topological polar surface area (TPSA) is 92.2 Å². The van der Waals surface area contributed by atoms with Gasteiger partial charge in [0.2, 0.25) is 0 Å². The maximum atomic E-state index is 13.4. The largest absolute Gasteiger partial charge is 0.325 e. The summed E-state index contributed by atoms with van der Waals surface area (Å²) >= 11 is 0. The fourth-order valence-corrected chi connectivity index (χ4v) is 4.65. The highest BCUT2D eigenvalue weighted by atomic mass is 16.2. The summed E-state index contributed by atoms with van der Waals surface area (Å²) in [6, 6.07) is 18.9. The van der Waals surface area contributed by atoms with E-state index < -0.39 is 0 Å². The molecular formula is C29H32N6O2. The van der Waals surface area contributed by atoms with Gasteiger partial charge in [-0.25, -0.2) is 14.5 Å². The second kappa shape index (κ2) is 10.8. The molecule has 1 aliphatic rings. The average molecular weight is 497 g/mol. The molecule has 190 valence electrons. The minimum Gasteiger partial charge on any atom is -0.325 e. The number of likely N-dealkylation sites (tertiary alicyclic amines) is 1. The Labute approximate surface area is 216 Å². The normalized spacial score (nSPS) is 14.0. The van der Waals surface area contributed by atoms with E-state index in [4.69, 9.17) is 4.98 Å². The van der Waals surface area contributed by atoms with Crippen molar-refractivity contribution in [3.63, 3.8) is 0 Å². The Morgan fingerprint density at radius 1 is 0.865 bits per heavy atom. The van der Waals surface area contributed by atoms with Crippen LogP contribution in [-0.4, -0.2) is 44.7 Å². The predicted octanol–water partition coefficient (Wildman–Crippen LogP) is 6.34. The van der Waals surface area contributed by atoms with E-state index in [9.17, 15) is 9.59 Å². The number of nitrogens with zero attached hydrogens (tertiary/aromatic N) is 4. The van der Waals surface area contributed by atoms with E-state index in [1.165, 1.54) is 12.8 Å². The van der Waals surface area contributed by atoms with Gasteiger partial charge in [-0.3, -0.25) is 4.79 Å². The highest BCUT2D eigenvalue weighted by Gasteiger charge is 2.19. The molecule has 37 heavy (non-hydrogen) atoms. The number of rotatable bonds is 5. The van der Waals surface area contributed by atoms with Gasteiger partial charge in [0.1, 0.15) is 0 Å². The van der Waals surface area contributed by atoms with Crippen LogP contribution in [0, 0.1) is 0 Å². The molecule has 0 aliphatic carbocycles. The number of urea groups is 1. The molecular weight excluding hydrogens is 464 g/mol. The molecule has 3 amide bonds. The SMILES string of the molecule is CC(C)n1ncc2c(C(=O)Nc3ccc(NC(=O)N4CCCCCC4)cc3)cc(-c3ccccc3)nc21. The second-order valence-corrected chi connectivity index (χ2v) is 9.70. The van der Waals surface area contributed by atoms with Crippen molar-refractivity contribution in [2.45, 2.75) is 45.6 Å². The Kier molecular flexibility index (Phi) is 7.16. The lowest BCUT2D eigenvalue weighted by molar-refractivity contribution is 0.102. The van der Waals surface area contributed by atoms with Gasteiger partial charge in [-0.2, -0.15) is 5.10 Å². The zero-order valence-corrected chi connectivity index (χ0v) is 21.3. The number of pyridine rings is 1. The molecule has 0 radical (unpaired) electrons. The van der Waals surface area contributed by atoms with Gasteiger partial charge in [0.25, 0.3) is 5.91 Å². The number of carbonyl (C=O) groups excluding carboxylic acids is 2. The molecule has 1 fully saturated rings. The van der Waals surface area contributed by atoms with E-state index in [1.54, 1.807) is 30.5 Å². The Morgan fingerprint density at radius 2 is 1.51 bits per heavy atom. The van der Waals surface area contributed by atoms with Crippen molar-refractivity contribution in [1.82, 2.24) is 19.7 Å². The molecule has 0 bridgehead atoms. The quantitative estimate of drug-likeness (QED) is 0.337. The number of hydrogen-bond donors (Lipinski definition) is 2. The number of fused-ring (bicyclic) bond motifs is 1. The third kappa shape index (κ3) is 5.48. The average Bonchev–Trinajstić information content (AvgIpc) is 3.15. The van der Waals surface area contributed by atoms with Crippen LogP contribution in [0.5, 0.6) is 0 Å². The van der Waals surface area contributed by atoms with Crippen molar-refractivity contribution in [1.29, 1.82) is 0 Å². The van der Waals surface area contributed by atoms with E-state index in [-0.39, 0.29) is 18.0 Å². The van der Waals surface area contributed by atoms with Gasteiger partial charge >= 0.3 is 6.03 Å². The van der Waals surface area contributed by atoms with Gasteiger partial charge < -0.3 is 15.5 Å². The summed E-state index contributed by atoms with van der Waals surface area (Å²) in [6.07, 6.45) is 6.14. The first-order valence-electron chi connectivity index (χ1n) is 12.9. The fraction of sp³-hybridized carbons (Fsp3) is 0.310. The van der Waals surface area contributed by atoms with Gasteiger partial charge in [0.05, 0.1) is 22.8 Å². The minimum atomic E-state index is -0.241. The lowest BCUT2D eigenvalue weighted by atomic mass is 10.1. The summed E-state index contributed by atoms with van der Waals surface area (Å²) in [7, 11) is 0. The smallest absolute Gasteiger partial charge is 0.321 e. The van der Waals surface area contributed by atoms with E-state index in [1.807, 2.05) is 59.8 Å². The Balaban J connectivity index is 1.36. The van der Waals surface area contributed by atoms with Crippen LogP contribution in [0.2, 0.25) is 0 Å². The van der Waals surface area contributed by atoms with Crippen molar-refractivity contribution in [3.05, 3.63) is 72.4 Å². The van der Waals surface area contributed by atoms with Crippen molar-refractivity contribution in [2.24, 2.45) is 0 Å². The molecule has 0 spiro atoms. The summed E-state index contributed by atoms with van der Waals surface area (Å²) < 4.78 is 1.83. The molecule has 0 atom stereocenters. The molecule has 1 saturated heterocycles. The molecule has 0 unspecified atom stereocenters. The van der Waals surface area contributed by atoms with E-state index in [0.717, 1.165) is 31.5 Å². The third-order valence-electron chi connectivity index (χ3n) is 6.66. The summed E-state index contributed by atoms with van der Waals surface area (Å²) in [5, 5.41) is 11.2. The van der Waals surface area contributed by atoms with Crippen molar-refractivity contribution in [3.8, 4) is 11.3 Å². The molecule has 0 saturated carbocycles. The van der Waals surface area contributed by atoms with Crippen LogP contribution in [0.1, 0.15) is 55.9 Å². The molecule has 1 aliphatic heterocycles. The van der Waals surface area contributed by atoms with Crippen LogP contribution in [0.3, 0.4) is 0 Å². The summed E-state index contributed by atoms with van der Waals surface area (Å²) in [5.74, 6) is -0.241. The molecule has 4 aromatic rings. The Morgan fingerprint density at radius 3 is 2.16 bits per heavy atom. The van der Waals surface area contributed by atoms with Crippen molar-refractivity contribution >= 4 is 34.3 Å². The number of anilines is 2. The summed E-state index contributed by atoms with van der Waals surface area (Å²) in [4.78, 5) is 32.8. The van der Waals surface area contributed by atoms with Gasteiger partial charge in [-0.05, 0) is 57.0 Å². The lowest BCUT2D eigenvalue weighted by Crippen LogP contribution is -2.35. The van der Waals surface area contributed by atoms with Crippen LogP contribution in [-0.2, 0) is 0 Å². The standard InChI is InChI=1S/C29H32N6O2/c1-20(2)35-27-25(19-30-35)24(18-26(33-27)21-10-6-5-7-11-21)28(36)31-22-12-14-23(15-13-22)32-29(37)34-16-8-3-4-9-17-34/h5-7,10-15,18-20H,3-4,8-9,16-17H2,1-2H3,(H,31,36)(H,32,37). The minimum absolute atomic E-state index is 0.0755. The number of aromatic nitrogens is 3. The van der Waals surface area contributed by atoms with E-state index >= 15 is 0 Å². The molecule has 3 heterocycles. The number of amides is 3. The molecule has 2 aromatic carbocycles. The van der Waals surface area contributed by atoms with Crippen LogP contribution < -0.4 is 10.6 Å². The number of carbonyl (C=O) groups is 2. The second-order valence-electron chi connectivity index (χ2n) is 9.70. The lowest BCUT2D eigenvalue weighted by Gasteiger charge is -2.20. The van der Waals surface area contributed by atoms with Crippen molar-refractivity contribution in [2.75, 3.05) is 23.7 Å². The Hall–Kier alpha value is -4.20. The first-order chi connectivity index (χ1) is 18.0. The van der Waals surface area contributed by atoms with Crippen LogP contribution >= 0.6 is 0 Å². The molecule has 8 nitrogen and oxygen atoms in total. The van der Waals surface area contributed by atoms with Crippen molar-refractivity contribution < 1.29 is 9.59 Å². The van der Waals surface area contributed by atoms with Crippen LogP contribution in [0.4, 0.5) is 16.2 Å². The van der Waals surface area contributed by atoms with E-state index in [2.05, 4.69) is 15.7 Å². The maximum absolute atomic E-state index is 13.4. The third-order valence-corrected chi connectivity index (χ3v) is 6.66. The zero-order valence-electron chi connectivity index (χ0n) is 21.3. The van der Waals surface area contributed by atoms with E-state index in [0.29, 0.717) is 33.7 Å². The first kappa shape index (κ1) is 24.5. The highest BCUT2D eigenvalue weighted by Crippen LogP contribution is 2.27. The van der Waals surface area contributed by atoms with Gasteiger partial charge in [0.15, 0.2) is 5.65 Å². The van der Waals surface area contributed by atoms with Crippen LogP contribution in [0.15, 0.2) is 66.9 Å². The maximum Gasteiger partial charge on any atom is 0.321 e. The Bertz CT molecular complexity index is 1390. The number of nitrogens with one attached hydrogen (secondary N) is 2. The molecule has 8 heteroatoms. The van der Waals surface area contributed by atoms with Gasteiger partial charge in [0, 0.05) is 36.1 Å². The molecule has 2 aromatic heterocycles. The van der Waals surface area contributed by atoms with Crippen LogP contribution in [0.25, 0.3) is 22.3 Å². The zero-order chi connectivity index (χ0) is 25.8. The number of hydrogen-bond acceptors (Lipinski definition) is 4. The summed E-state index contributed by atoms with van der Waals surface area (Å²) in [6.45, 7) is 5.66. The van der Waals surface area contributed by atoms with Gasteiger partial charge in [-0.1, -0.05) is 43.2 Å². The molecule has 5 rings (SSSR count). The fourth-order valence-electron chi connectivity index (χ4n) is 4.65.